The lowest BCUT2D eigenvalue weighted by Crippen LogP contribution is -2.47. The number of hydrogen-bond acceptors (Lipinski definition) is 2. The molecule has 0 unspecified atom stereocenters. The van der Waals surface area contributed by atoms with E-state index in [-0.39, 0.29) is 0 Å². The average Bonchev–Trinajstić information content (AvgIpc) is 3.12. The maximum absolute atomic E-state index is 3.50. The molecule has 1 fully saturated rings. The van der Waals surface area contributed by atoms with Gasteiger partial charge in [0.05, 0.1) is 0 Å². The predicted molar refractivity (Wildman–Crippen MR) is 116 cm³/mol. The van der Waals surface area contributed by atoms with Gasteiger partial charge in [-0.15, -0.1) is 0 Å². The second-order valence-electron chi connectivity index (χ2n) is 8.80. The standard InChI is InChI=1S/C25H34N2/c1-19(2)22-11-9-20(10-12-22)6-3-4-15-27-17-21(18-27)16-23-7-5-8-25-24(23)13-14-26-25/h5,7-12,19,21,26H,3-4,6,13-18H2,1-2H3. The van der Waals surface area contributed by atoms with Gasteiger partial charge in [-0.3, -0.25) is 0 Å². The van der Waals surface area contributed by atoms with E-state index in [1.807, 2.05) is 0 Å². The second kappa shape index (κ2) is 8.48. The summed E-state index contributed by atoms with van der Waals surface area (Å²) in [6.45, 7) is 9.49. The van der Waals surface area contributed by atoms with Crippen LogP contribution in [0.4, 0.5) is 5.69 Å². The number of rotatable bonds is 8. The summed E-state index contributed by atoms with van der Waals surface area (Å²) in [5.41, 5.74) is 7.49. The summed E-state index contributed by atoms with van der Waals surface area (Å²) in [5.74, 6) is 1.49. The zero-order valence-electron chi connectivity index (χ0n) is 17.0. The van der Waals surface area contributed by atoms with E-state index < -0.39 is 0 Å². The molecule has 0 saturated carbocycles. The lowest BCUT2D eigenvalue weighted by molar-refractivity contribution is 0.0986. The maximum atomic E-state index is 3.50. The molecule has 2 nitrogen and oxygen atoms in total. The van der Waals surface area contributed by atoms with E-state index in [4.69, 9.17) is 0 Å². The van der Waals surface area contributed by atoms with Crippen LogP contribution in [0.2, 0.25) is 0 Å². The van der Waals surface area contributed by atoms with Gasteiger partial charge in [-0.1, -0.05) is 50.2 Å². The molecule has 0 aromatic heterocycles. The van der Waals surface area contributed by atoms with Gasteiger partial charge < -0.3 is 10.2 Å². The molecule has 0 spiro atoms. The molecule has 2 aromatic rings. The number of hydrogen-bond donors (Lipinski definition) is 1. The van der Waals surface area contributed by atoms with Crippen molar-refractivity contribution in [3.63, 3.8) is 0 Å². The molecule has 2 aromatic carbocycles. The average molecular weight is 363 g/mol. The summed E-state index contributed by atoms with van der Waals surface area (Å²) >= 11 is 0. The molecular formula is C25H34N2. The summed E-state index contributed by atoms with van der Waals surface area (Å²) in [5, 5.41) is 3.50. The van der Waals surface area contributed by atoms with E-state index in [2.05, 4.69) is 66.5 Å². The van der Waals surface area contributed by atoms with Crippen molar-refractivity contribution in [2.75, 3.05) is 31.5 Å². The van der Waals surface area contributed by atoms with Crippen molar-refractivity contribution in [1.82, 2.24) is 4.90 Å². The van der Waals surface area contributed by atoms with Crippen LogP contribution < -0.4 is 5.32 Å². The second-order valence-corrected chi connectivity index (χ2v) is 8.80. The van der Waals surface area contributed by atoms with Gasteiger partial charge >= 0.3 is 0 Å². The fraction of sp³-hybridized carbons (Fsp3) is 0.520. The van der Waals surface area contributed by atoms with E-state index in [1.165, 1.54) is 68.6 Å². The van der Waals surface area contributed by atoms with Gasteiger partial charge in [-0.25, -0.2) is 0 Å². The summed E-state index contributed by atoms with van der Waals surface area (Å²) < 4.78 is 0. The fourth-order valence-corrected chi connectivity index (χ4v) is 4.64. The molecule has 1 N–H and O–H groups in total. The van der Waals surface area contributed by atoms with Crippen LogP contribution in [0.3, 0.4) is 0 Å². The number of nitrogens with one attached hydrogen (secondary N) is 1. The summed E-state index contributed by atoms with van der Waals surface area (Å²) in [7, 11) is 0. The molecule has 0 bridgehead atoms. The van der Waals surface area contributed by atoms with Crippen molar-refractivity contribution in [2.45, 2.75) is 51.9 Å². The Morgan fingerprint density at radius 2 is 1.85 bits per heavy atom. The summed E-state index contributed by atoms with van der Waals surface area (Å²) in [4.78, 5) is 2.65. The molecule has 2 aliphatic rings. The first-order valence-electron chi connectivity index (χ1n) is 10.8. The normalized spacial score (nSPS) is 17.0. The Kier molecular flexibility index (Phi) is 5.83. The number of anilines is 1. The molecule has 2 heteroatoms. The van der Waals surface area contributed by atoms with Crippen molar-refractivity contribution >= 4 is 5.69 Å². The first kappa shape index (κ1) is 18.6. The first-order valence-corrected chi connectivity index (χ1v) is 10.8. The Bertz CT molecular complexity index is 741. The van der Waals surface area contributed by atoms with Crippen molar-refractivity contribution in [3.05, 3.63) is 64.7 Å². The third-order valence-corrected chi connectivity index (χ3v) is 6.34. The highest BCUT2D eigenvalue weighted by atomic mass is 15.2. The van der Waals surface area contributed by atoms with Gasteiger partial charge in [0.25, 0.3) is 0 Å². The van der Waals surface area contributed by atoms with Gasteiger partial charge in [0.1, 0.15) is 0 Å². The van der Waals surface area contributed by atoms with Crippen molar-refractivity contribution < 1.29 is 0 Å². The number of nitrogens with zero attached hydrogens (tertiary/aromatic N) is 1. The minimum Gasteiger partial charge on any atom is -0.384 e. The van der Waals surface area contributed by atoms with Crippen LogP contribution in [0.15, 0.2) is 42.5 Å². The van der Waals surface area contributed by atoms with Crippen LogP contribution in [-0.2, 0) is 19.3 Å². The monoisotopic (exact) mass is 362 g/mol. The van der Waals surface area contributed by atoms with E-state index >= 15 is 0 Å². The van der Waals surface area contributed by atoms with Crippen LogP contribution >= 0.6 is 0 Å². The number of fused-ring (bicyclic) bond motifs is 1. The van der Waals surface area contributed by atoms with Crippen LogP contribution in [0.5, 0.6) is 0 Å². The van der Waals surface area contributed by atoms with E-state index in [0.717, 1.165) is 12.5 Å². The Morgan fingerprint density at radius 3 is 2.63 bits per heavy atom. The number of unbranched alkanes of at least 4 members (excludes halogenated alkanes) is 1. The van der Waals surface area contributed by atoms with E-state index in [0.29, 0.717) is 5.92 Å². The third kappa shape index (κ3) is 4.55. The number of benzene rings is 2. The van der Waals surface area contributed by atoms with E-state index in [1.54, 1.807) is 11.1 Å². The van der Waals surface area contributed by atoms with Crippen LogP contribution in [-0.4, -0.2) is 31.1 Å². The van der Waals surface area contributed by atoms with Gasteiger partial charge in [-0.05, 0) is 78.8 Å². The molecule has 0 radical (unpaired) electrons. The van der Waals surface area contributed by atoms with Crippen molar-refractivity contribution in [1.29, 1.82) is 0 Å². The largest absolute Gasteiger partial charge is 0.384 e. The Hall–Kier alpha value is -1.80. The third-order valence-electron chi connectivity index (χ3n) is 6.34. The van der Waals surface area contributed by atoms with Gasteiger partial charge in [0.2, 0.25) is 0 Å². The highest BCUT2D eigenvalue weighted by molar-refractivity contribution is 5.58. The van der Waals surface area contributed by atoms with Crippen molar-refractivity contribution in [3.8, 4) is 0 Å². The molecule has 0 atom stereocenters. The number of aryl methyl sites for hydroxylation is 1. The first-order chi connectivity index (χ1) is 13.2. The zero-order chi connectivity index (χ0) is 18.6. The molecule has 2 aliphatic heterocycles. The molecule has 4 rings (SSSR count). The smallest absolute Gasteiger partial charge is 0.0376 e. The van der Waals surface area contributed by atoms with Gasteiger partial charge in [0, 0.05) is 25.3 Å². The SMILES string of the molecule is CC(C)c1ccc(CCCCN2CC(Cc3cccc4c3CCN4)C2)cc1. The predicted octanol–water partition coefficient (Wildman–Crippen LogP) is 5.28. The quantitative estimate of drug-likeness (QED) is 0.643. The molecule has 2 heterocycles. The highest BCUT2D eigenvalue weighted by Gasteiger charge is 2.27. The summed E-state index contributed by atoms with van der Waals surface area (Å²) in [6, 6.07) is 16.0. The summed E-state index contributed by atoms with van der Waals surface area (Å²) in [6.07, 6.45) is 6.33. The fourth-order valence-electron chi connectivity index (χ4n) is 4.64. The minimum absolute atomic E-state index is 0.631. The maximum Gasteiger partial charge on any atom is 0.0376 e. The Balaban J connectivity index is 1.14. The topological polar surface area (TPSA) is 15.3 Å². The van der Waals surface area contributed by atoms with Crippen LogP contribution in [0.25, 0.3) is 0 Å². The van der Waals surface area contributed by atoms with E-state index in [9.17, 15) is 0 Å². The molecule has 144 valence electrons. The van der Waals surface area contributed by atoms with Gasteiger partial charge in [-0.2, -0.15) is 0 Å². The van der Waals surface area contributed by atoms with Crippen LogP contribution in [0.1, 0.15) is 54.9 Å². The Labute approximate surface area is 165 Å². The molecule has 1 saturated heterocycles. The molecule has 0 aliphatic carbocycles. The van der Waals surface area contributed by atoms with Gasteiger partial charge in [0.15, 0.2) is 0 Å². The zero-order valence-corrected chi connectivity index (χ0v) is 17.0. The lowest BCUT2D eigenvalue weighted by atomic mass is 9.89. The number of likely N-dealkylation sites (tertiary alicyclic amines) is 1. The minimum atomic E-state index is 0.631. The molecule has 27 heavy (non-hydrogen) atoms. The van der Waals surface area contributed by atoms with Crippen molar-refractivity contribution in [2.24, 2.45) is 5.92 Å². The highest BCUT2D eigenvalue weighted by Crippen LogP contribution is 2.29. The van der Waals surface area contributed by atoms with Crippen LogP contribution in [0, 0.1) is 5.92 Å². The molecule has 0 amide bonds. The Morgan fingerprint density at radius 1 is 1.04 bits per heavy atom. The molecular weight excluding hydrogens is 328 g/mol. The lowest BCUT2D eigenvalue weighted by Gasteiger charge is -2.39.